The molecule has 0 bridgehead atoms. The minimum Gasteiger partial charge on any atom is -0.480 e. The summed E-state index contributed by atoms with van der Waals surface area (Å²) in [5, 5.41) is 16.2. The van der Waals surface area contributed by atoms with Crippen LogP contribution in [0.3, 0.4) is 0 Å². The van der Waals surface area contributed by atoms with Crippen LogP contribution in [0, 0.1) is 5.92 Å². The molecule has 2 N–H and O–H groups in total. The number of nitrogens with one attached hydrogen (secondary N) is 1. The first kappa shape index (κ1) is 21.8. The van der Waals surface area contributed by atoms with E-state index in [0.717, 1.165) is 16.9 Å². The molecule has 27 heavy (non-hydrogen) atoms. The standard InChI is InChI=1S/C19H22Cl2N2O3S/c1-11(2)3-15(9-24)22-17(19(25)26)8-16-10-27-18(23-16)6-12-4-13(20)7-14(21)5-12/h4-5,7,9-11,15,17,22H,3,6,8H2,1-2H3,(H,25,26)/t15-,17-/m0/s1. The zero-order valence-corrected chi connectivity index (χ0v) is 17.4. The second-order valence-electron chi connectivity index (χ2n) is 6.82. The van der Waals surface area contributed by atoms with Crippen molar-refractivity contribution in [3.63, 3.8) is 0 Å². The van der Waals surface area contributed by atoms with Crippen molar-refractivity contribution in [2.45, 2.75) is 45.2 Å². The van der Waals surface area contributed by atoms with Crippen molar-refractivity contribution < 1.29 is 14.7 Å². The lowest BCUT2D eigenvalue weighted by molar-refractivity contribution is -0.139. The summed E-state index contributed by atoms with van der Waals surface area (Å²) in [5.74, 6) is -0.709. The highest BCUT2D eigenvalue weighted by Gasteiger charge is 2.23. The van der Waals surface area contributed by atoms with E-state index in [1.165, 1.54) is 11.3 Å². The predicted octanol–water partition coefficient (Wildman–Crippen LogP) is 4.24. The maximum Gasteiger partial charge on any atom is 0.321 e. The summed E-state index contributed by atoms with van der Waals surface area (Å²) in [5.41, 5.74) is 1.62. The molecule has 1 aromatic heterocycles. The summed E-state index contributed by atoms with van der Waals surface area (Å²) in [4.78, 5) is 27.3. The number of aliphatic carboxylic acids is 1. The molecule has 0 spiro atoms. The van der Waals surface area contributed by atoms with E-state index in [1.54, 1.807) is 6.07 Å². The van der Waals surface area contributed by atoms with E-state index in [4.69, 9.17) is 23.2 Å². The Morgan fingerprint density at radius 1 is 1.30 bits per heavy atom. The van der Waals surface area contributed by atoms with Crippen LogP contribution in [0.2, 0.25) is 10.0 Å². The normalized spacial score (nSPS) is 13.5. The maximum absolute atomic E-state index is 11.6. The van der Waals surface area contributed by atoms with Gasteiger partial charge < -0.3 is 9.90 Å². The summed E-state index contributed by atoms with van der Waals surface area (Å²) in [6.45, 7) is 3.98. The number of aldehydes is 1. The van der Waals surface area contributed by atoms with Gasteiger partial charge in [0.25, 0.3) is 0 Å². The number of carboxylic acid groups (broad SMARTS) is 1. The van der Waals surface area contributed by atoms with Crippen molar-refractivity contribution in [3.8, 4) is 0 Å². The Morgan fingerprint density at radius 3 is 2.52 bits per heavy atom. The lowest BCUT2D eigenvalue weighted by atomic mass is 10.0. The second kappa shape index (κ2) is 10.2. The molecule has 1 aromatic carbocycles. The molecule has 0 saturated heterocycles. The maximum atomic E-state index is 11.6. The van der Waals surface area contributed by atoms with Gasteiger partial charge in [-0.15, -0.1) is 11.3 Å². The Bertz CT molecular complexity index is 775. The number of rotatable bonds is 10. The van der Waals surface area contributed by atoms with Crippen molar-refractivity contribution in [3.05, 3.63) is 49.9 Å². The van der Waals surface area contributed by atoms with Crippen LogP contribution in [0.25, 0.3) is 0 Å². The lowest BCUT2D eigenvalue weighted by Gasteiger charge is -2.20. The van der Waals surface area contributed by atoms with Gasteiger partial charge in [-0.1, -0.05) is 37.0 Å². The van der Waals surface area contributed by atoms with E-state index in [1.807, 2.05) is 31.4 Å². The van der Waals surface area contributed by atoms with Gasteiger partial charge in [-0.3, -0.25) is 10.1 Å². The van der Waals surface area contributed by atoms with Gasteiger partial charge in [0.15, 0.2) is 0 Å². The van der Waals surface area contributed by atoms with Crippen molar-refractivity contribution in [1.82, 2.24) is 10.3 Å². The van der Waals surface area contributed by atoms with Crippen LogP contribution in [0.4, 0.5) is 0 Å². The molecule has 0 aliphatic carbocycles. The van der Waals surface area contributed by atoms with Crippen molar-refractivity contribution in [2.75, 3.05) is 0 Å². The van der Waals surface area contributed by atoms with E-state index < -0.39 is 18.1 Å². The number of aromatic nitrogens is 1. The summed E-state index contributed by atoms with van der Waals surface area (Å²) in [7, 11) is 0. The number of carbonyl (C=O) groups excluding carboxylic acids is 1. The number of benzene rings is 1. The van der Waals surface area contributed by atoms with Gasteiger partial charge in [0.2, 0.25) is 0 Å². The first-order valence-electron chi connectivity index (χ1n) is 8.59. The minimum atomic E-state index is -0.998. The molecule has 2 aromatic rings. The zero-order chi connectivity index (χ0) is 20.0. The molecule has 8 heteroatoms. The average Bonchev–Trinajstić information content (AvgIpc) is 2.98. The van der Waals surface area contributed by atoms with Gasteiger partial charge in [0.05, 0.1) is 16.7 Å². The molecule has 0 unspecified atom stereocenters. The molecular weight excluding hydrogens is 407 g/mol. The van der Waals surface area contributed by atoms with Gasteiger partial charge in [0, 0.05) is 28.3 Å². The lowest BCUT2D eigenvalue weighted by Crippen LogP contribution is -2.46. The minimum absolute atomic E-state index is 0.213. The van der Waals surface area contributed by atoms with Gasteiger partial charge in [0.1, 0.15) is 12.3 Å². The molecule has 1 heterocycles. The van der Waals surface area contributed by atoms with Crippen LogP contribution in [0.5, 0.6) is 0 Å². The fourth-order valence-electron chi connectivity index (χ4n) is 2.77. The van der Waals surface area contributed by atoms with E-state index in [-0.39, 0.29) is 12.3 Å². The SMILES string of the molecule is CC(C)C[C@@H](C=O)N[C@@H](Cc1csc(Cc2cc(Cl)cc(Cl)c2)n1)C(=O)O. The fourth-order valence-corrected chi connectivity index (χ4v) is 4.18. The first-order valence-corrected chi connectivity index (χ1v) is 10.2. The predicted molar refractivity (Wildman–Crippen MR) is 109 cm³/mol. The molecule has 0 amide bonds. The highest BCUT2D eigenvalue weighted by molar-refractivity contribution is 7.09. The quantitative estimate of drug-likeness (QED) is 0.553. The molecule has 5 nitrogen and oxygen atoms in total. The topological polar surface area (TPSA) is 79.3 Å². The third-order valence-corrected chi connectivity index (χ3v) is 5.23. The highest BCUT2D eigenvalue weighted by Crippen LogP contribution is 2.23. The van der Waals surface area contributed by atoms with Gasteiger partial charge in [-0.2, -0.15) is 0 Å². The molecule has 2 atom stereocenters. The second-order valence-corrected chi connectivity index (χ2v) is 8.64. The molecule has 0 saturated carbocycles. The van der Waals surface area contributed by atoms with Crippen LogP contribution in [-0.4, -0.2) is 34.4 Å². The number of hydrogen-bond donors (Lipinski definition) is 2. The average molecular weight is 429 g/mol. The number of thiazole rings is 1. The fraction of sp³-hybridized carbons (Fsp3) is 0.421. The molecule has 0 fully saturated rings. The summed E-state index contributed by atoms with van der Waals surface area (Å²) in [6.07, 6.45) is 2.14. The zero-order valence-electron chi connectivity index (χ0n) is 15.1. The molecule has 0 radical (unpaired) electrons. The number of carboxylic acids is 1. The Morgan fingerprint density at radius 2 is 1.96 bits per heavy atom. The largest absolute Gasteiger partial charge is 0.480 e. The van der Waals surface area contributed by atoms with Crippen molar-refractivity contribution in [1.29, 1.82) is 0 Å². The summed E-state index contributed by atoms with van der Waals surface area (Å²) >= 11 is 13.5. The molecule has 0 aliphatic rings. The number of nitrogens with zero attached hydrogens (tertiary/aromatic N) is 1. The van der Waals surface area contributed by atoms with Gasteiger partial charge in [-0.05, 0) is 36.1 Å². The van der Waals surface area contributed by atoms with Crippen LogP contribution in [-0.2, 0) is 22.4 Å². The molecule has 2 rings (SSSR count). The van der Waals surface area contributed by atoms with E-state index in [0.29, 0.717) is 28.6 Å². The smallest absolute Gasteiger partial charge is 0.321 e. The number of halogens is 2. The summed E-state index contributed by atoms with van der Waals surface area (Å²) in [6, 6.07) is 3.98. The number of hydrogen-bond acceptors (Lipinski definition) is 5. The first-order chi connectivity index (χ1) is 12.8. The molecule has 0 aliphatic heterocycles. The number of carbonyl (C=O) groups is 2. The monoisotopic (exact) mass is 428 g/mol. The van der Waals surface area contributed by atoms with Gasteiger partial charge >= 0.3 is 5.97 Å². The Balaban J connectivity index is 2.04. The van der Waals surface area contributed by atoms with Crippen molar-refractivity contribution in [2.24, 2.45) is 5.92 Å². The van der Waals surface area contributed by atoms with Crippen LogP contribution < -0.4 is 5.32 Å². The molecule has 146 valence electrons. The third-order valence-electron chi connectivity index (χ3n) is 3.89. The Labute approximate surface area is 172 Å². The van der Waals surface area contributed by atoms with E-state index >= 15 is 0 Å². The van der Waals surface area contributed by atoms with Gasteiger partial charge in [-0.25, -0.2) is 4.98 Å². The molecular formula is C19H22Cl2N2O3S. The van der Waals surface area contributed by atoms with Crippen LogP contribution >= 0.6 is 34.5 Å². The Kier molecular flexibility index (Phi) is 8.23. The van der Waals surface area contributed by atoms with Crippen LogP contribution in [0.1, 0.15) is 36.5 Å². The van der Waals surface area contributed by atoms with E-state index in [9.17, 15) is 14.7 Å². The third kappa shape index (κ3) is 7.22. The van der Waals surface area contributed by atoms with Crippen LogP contribution in [0.15, 0.2) is 23.6 Å². The summed E-state index contributed by atoms with van der Waals surface area (Å²) < 4.78 is 0. The van der Waals surface area contributed by atoms with Crippen molar-refractivity contribution >= 4 is 46.8 Å². The highest BCUT2D eigenvalue weighted by atomic mass is 35.5. The Hall–Kier alpha value is -1.47. The van der Waals surface area contributed by atoms with E-state index in [2.05, 4.69) is 10.3 Å².